The van der Waals surface area contributed by atoms with Crippen molar-refractivity contribution in [2.24, 2.45) is 11.8 Å². The molecule has 1 aromatic heterocycles. The van der Waals surface area contributed by atoms with Crippen LogP contribution in [-0.2, 0) is 11.3 Å². The van der Waals surface area contributed by atoms with Gasteiger partial charge in [0.1, 0.15) is 6.04 Å². The van der Waals surface area contributed by atoms with Gasteiger partial charge in [-0.05, 0) is 24.3 Å². The maximum Gasteiger partial charge on any atom is 0.233 e. The molecule has 1 aromatic carbocycles. The molecule has 0 aliphatic heterocycles. The summed E-state index contributed by atoms with van der Waals surface area (Å²) in [5.74, 6) is 2.42. The zero-order valence-corrected chi connectivity index (χ0v) is 20.4. The van der Waals surface area contributed by atoms with Gasteiger partial charge >= 0.3 is 0 Å². The maximum atomic E-state index is 12.9. The minimum Gasteiger partial charge on any atom is -0.341 e. The highest BCUT2D eigenvalue weighted by molar-refractivity contribution is 7.99. The standard InChI is InChI=1S/C23H37N5OS/c1-17(2)13-27(14-18(3)4)21(29)16-30-23-25-24-22(19(5)26(6)7)28(23)15-20-11-9-8-10-12-20/h8-12,17-19H,13-16H2,1-7H3/p+1/t19-/m0/s1. The van der Waals surface area contributed by atoms with Gasteiger partial charge in [0.15, 0.2) is 11.0 Å². The van der Waals surface area contributed by atoms with E-state index in [1.165, 1.54) is 22.2 Å². The predicted molar refractivity (Wildman–Crippen MR) is 124 cm³/mol. The Morgan fingerprint density at radius 1 is 1.03 bits per heavy atom. The van der Waals surface area contributed by atoms with E-state index in [0.717, 1.165) is 24.1 Å². The summed E-state index contributed by atoms with van der Waals surface area (Å²) in [5.41, 5.74) is 1.20. The third-order valence-electron chi connectivity index (χ3n) is 5.03. The number of carbonyl (C=O) groups is 1. The normalized spacial score (nSPS) is 12.7. The second kappa shape index (κ2) is 11.5. The van der Waals surface area contributed by atoms with Crippen LogP contribution in [0.4, 0.5) is 0 Å². The Hall–Kier alpha value is -1.86. The van der Waals surface area contributed by atoms with Gasteiger partial charge in [0, 0.05) is 13.1 Å². The van der Waals surface area contributed by atoms with Gasteiger partial charge in [0.25, 0.3) is 0 Å². The minimum absolute atomic E-state index is 0.171. The van der Waals surface area contributed by atoms with Crippen molar-refractivity contribution >= 4 is 17.7 Å². The largest absolute Gasteiger partial charge is 0.341 e. The first-order chi connectivity index (χ1) is 14.2. The van der Waals surface area contributed by atoms with E-state index in [1.54, 1.807) is 0 Å². The predicted octanol–water partition coefficient (Wildman–Crippen LogP) is 2.76. The first-order valence-corrected chi connectivity index (χ1v) is 11.8. The van der Waals surface area contributed by atoms with Crippen molar-refractivity contribution < 1.29 is 9.69 Å². The first kappa shape index (κ1) is 24.4. The van der Waals surface area contributed by atoms with Gasteiger partial charge in [-0.15, -0.1) is 10.2 Å². The molecule has 1 amide bonds. The van der Waals surface area contributed by atoms with Gasteiger partial charge in [0.2, 0.25) is 5.91 Å². The smallest absolute Gasteiger partial charge is 0.233 e. The van der Waals surface area contributed by atoms with E-state index in [2.05, 4.69) is 75.6 Å². The molecule has 1 heterocycles. The first-order valence-electron chi connectivity index (χ1n) is 10.9. The second-order valence-corrected chi connectivity index (χ2v) is 10.0. The topological polar surface area (TPSA) is 55.5 Å². The summed E-state index contributed by atoms with van der Waals surface area (Å²) in [6.45, 7) is 13.1. The summed E-state index contributed by atoms with van der Waals surface area (Å²) in [7, 11) is 4.25. The van der Waals surface area contributed by atoms with Crippen LogP contribution in [0, 0.1) is 11.8 Å². The molecule has 7 heteroatoms. The molecule has 6 nitrogen and oxygen atoms in total. The van der Waals surface area contributed by atoms with Crippen molar-refractivity contribution in [3.63, 3.8) is 0 Å². The zero-order valence-electron chi connectivity index (χ0n) is 19.6. The molecule has 166 valence electrons. The number of amides is 1. The molecule has 30 heavy (non-hydrogen) atoms. The van der Waals surface area contributed by atoms with E-state index >= 15 is 0 Å². The van der Waals surface area contributed by atoms with Crippen molar-refractivity contribution in [2.75, 3.05) is 32.9 Å². The molecule has 1 N–H and O–H groups in total. The molecule has 0 aliphatic carbocycles. The van der Waals surface area contributed by atoms with Crippen LogP contribution in [-0.4, -0.2) is 58.5 Å². The Bertz CT molecular complexity index is 778. The highest BCUT2D eigenvalue weighted by atomic mass is 32.2. The molecule has 2 aromatic rings. The number of rotatable bonds is 11. The van der Waals surface area contributed by atoms with Crippen molar-refractivity contribution in [2.45, 2.75) is 52.4 Å². The van der Waals surface area contributed by atoms with Crippen LogP contribution in [0.15, 0.2) is 35.5 Å². The average molecular weight is 433 g/mol. The summed E-state index contributed by atoms with van der Waals surface area (Å²) < 4.78 is 2.17. The SMILES string of the molecule is CC(C)CN(CC(C)C)C(=O)CSc1nnc([C@H](C)[NH+](C)C)n1Cc1ccccc1. The third kappa shape index (κ3) is 7.13. The quantitative estimate of drug-likeness (QED) is 0.555. The lowest BCUT2D eigenvalue weighted by atomic mass is 10.1. The molecule has 0 unspecified atom stereocenters. The van der Waals surface area contributed by atoms with Gasteiger partial charge in [-0.25, -0.2) is 0 Å². The van der Waals surface area contributed by atoms with Gasteiger partial charge in [-0.3, -0.25) is 9.36 Å². The number of carbonyl (C=O) groups excluding carboxylic acids is 1. The molecule has 0 radical (unpaired) electrons. The van der Waals surface area contributed by atoms with Crippen LogP contribution in [0.5, 0.6) is 0 Å². The fraction of sp³-hybridized carbons (Fsp3) is 0.609. The van der Waals surface area contributed by atoms with Crippen molar-refractivity contribution in [3.8, 4) is 0 Å². The van der Waals surface area contributed by atoms with E-state index in [9.17, 15) is 4.79 Å². The molecule has 0 saturated carbocycles. The zero-order chi connectivity index (χ0) is 22.3. The van der Waals surface area contributed by atoms with Crippen LogP contribution < -0.4 is 4.90 Å². The molecular weight excluding hydrogens is 394 g/mol. The summed E-state index contributed by atoms with van der Waals surface area (Å²) in [4.78, 5) is 16.2. The molecule has 0 saturated heterocycles. The average Bonchev–Trinajstić information content (AvgIpc) is 3.07. The number of hydrogen-bond acceptors (Lipinski definition) is 4. The van der Waals surface area contributed by atoms with E-state index < -0.39 is 0 Å². The summed E-state index contributed by atoms with van der Waals surface area (Å²) >= 11 is 1.50. The fourth-order valence-corrected chi connectivity index (χ4v) is 4.12. The number of aromatic nitrogens is 3. The summed E-state index contributed by atoms with van der Waals surface area (Å²) in [6, 6.07) is 10.6. The molecule has 0 bridgehead atoms. The van der Waals surface area contributed by atoms with Crippen LogP contribution in [0.25, 0.3) is 0 Å². The van der Waals surface area contributed by atoms with Crippen molar-refractivity contribution in [1.82, 2.24) is 19.7 Å². The molecule has 0 fully saturated rings. The van der Waals surface area contributed by atoms with Crippen molar-refractivity contribution in [3.05, 3.63) is 41.7 Å². The number of quaternary nitrogens is 1. The molecule has 0 aliphatic rings. The van der Waals surface area contributed by atoms with Gasteiger partial charge in [-0.2, -0.15) is 0 Å². The fourth-order valence-electron chi connectivity index (χ4n) is 3.28. The highest BCUT2D eigenvalue weighted by Gasteiger charge is 2.24. The van der Waals surface area contributed by atoms with Crippen molar-refractivity contribution in [1.29, 1.82) is 0 Å². The Kier molecular flexibility index (Phi) is 9.37. The maximum absolute atomic E-state index is 12.9. The third-order valence-corrected chi connectivity index (χ3v) is 5.98. The van der Waals surface area contributed by atoms with Crippen LogP contribution in [0.1, 0.15) is 52.0 Å². The summed E-state index contributed by atoms with van der Waals surface area (Å²) in [5, 5.41) is 9.77. The molecule has 0 spiro atoms. The number of thioether (sulfide) groups is 1. The van der Waals surface area contributed by atoms with Gasteiger partial charge in [0.05, 0.1) is 26.4 Å². The monoisotopic (exact) mass is 432 g/mol. The Balaban J connectivity index is 2.20. The van der Waals surface area contributed by atoms with Crippen LogP contribution >= 0.6 is 11.8 Å². The number of hydrogen-bond donors (Lipinski definition) is 1. The summed E-state index contributed by atoms with van der Waals surface area (Å²) in [6.07, 6.45) is 0. The van der Waals surface area contributed by atoms with E-state index in [1.807, 2.05) is 23.1 Å². The number of benzene rings is 1. The Morgan fingerprint density at radius 2 is 1.63 bits per heavy atom. The highest BCUT2D eigenvalue weighted by Crippen LogP contribution is 2.22. The van der Waals surface area contributed by atoms with E-state index in [0.29, 0.717) is 24.1 Å². The lowest BCUT2D eigenvalue weighted by Gasteiger charge is -2.26. The van der Waals surface area contributed by atoms with Gasteiger partial charge < -0.3 is 9.80 Å². The Morgan fingerprint density at radius 3 is 2.17 bits per heavy atom. The Labute approximate surface area is 186 Å². The lowest BCUT2D eigenvalue weighted by molar-refractivity contribution is -0.890. The number of nitrogens with one attached hydrogen (secondary N) is 1. The molecule has 2 rings (SSSR count). The van der Waals surface area contributed by atoms with Gasteiger partial charge in [-0.1, -0.05) is 69.8 Å². The molecule has 1 atom stereocenters. The molecular formula is C23H38N5OS+. The van der Waals surface area contributed by atoms with E-state index in [4.69, 9.17) is 0 Å². The van der Waals surface area contributed by atoms with Crippen LogP contribution in [0.2, 0.25) is 0 Å². The minimum atomic E-state index is 0.171. The van der Waals surface area contributed by atoms with Crippen LogP contribution in [0.3, 0.4) is 0 Å². The van der Waals surface area contributed by atoms with E-state index in [-0.39, 0.29) is 11.9 Å². The lowest BCUT2D eigenvalue weighted by Crippen LogP contribution is -3.05. The number of nitrogens with zero attached hydrogens (tertiary/aromatic N) is 4. The second-order valence-electron chi connectivity index (χ2n) is 9.09.